The molecule has 0 aromatic carbocycles. The van der Waals surface area contributed by atoms with Crippen molar-refractivity contribution in [2.75, 3.05) is 19.6 Å². The lowest BCUT2D eigenvalue weighted by Crippen LogP contribution is -2.46. The van der Waals surface area contributed by atoms with E-state index in [-0.39, 0.29) is 24.5 Å². The van der Waals surface area contributed by atoms with E-state index in [2.05, 4.69) is 27.8 Å². The highest BCUT2D eigenvalue weighted by Gasteiger charge is 2.38. The first-order valence-corrected chi connectivity index (χ1v) is 8.19. The van der Waals surface area contributed by atoms with Gasteiger partial charge in [0, 0.05) is 25.2 Å². The second kappa shape index (κ2) is 7.04. The highest BCUT2D eigenvalue weighted by atomic mass is 16.3. The van der Waals surface area contributed by atoms with Gasteiger partial charge in [-0.3, -0.25) is 9.69 Å². The van der Waals surface area contributed by atoms with Crippen LogP contribution < -0.4 is 16.0 Å². The number of rotatable bonds is 6. The van der Waals surface area contributed by atoms with Crippen LogP contribution in [0.4, 0.5) is 4.79 Å². The molecule has 0 unspecified atom stereocenters. The monoisotopic (exact) mass is 320 g/mol. The first kappa shape index (κ1) is 15.9. The Hall–Kier alpha value is -2.02. The summed E-state index contributed by atoms with van der Waals surface area (Å²) in [6.45, 7) is 4.42. The Morgan fingerprint density at radius 2 is 2.13 bits per heavy atom. The fraction of sp³-hybridized carbons (Fsp3) is 0.625. The van der Waals surface area contributed by atoms with Crippen LogP contribution in [-0.4, -0.2) is 48.6 Å². The van der Waals surface area contributed by atoms with Crippen LogP contribution in [0.5, 0.6) is 0 Å². The Balaban J connectivity index is 1.33. The number of carbonyl (C=O) groups excluding carboxylic acids is 2. The summed E-state index contributed by atoms with van der Waals surface area (Å²) in [4.78, 5) is 26.1. The van der Waals surface area contributed by atoms with Crippen molar-refractivity contribution in [1.82, 2.24) is 20.9 Å². The standard InChI is InChI=1S/C16H24N4O3/c1-11-9-20(12-4-5-12)10-14(11)19-15(21)8-18-16(22)17-7-13-3-2-6-23-13/h2-3,6,11-12,14H,4-5,7-10H2,1H3,(H,19,21)(H2,17,18,22)/t11-,14+/m1/s1. The van der Waals surface area contributed by atoms with Crippen molar-refractivity contribution >= 4 is 11.9 Å². The molecule has 3 N–H and O–H groups in total. The number of likely N-dealkylation sites (tertiary alicyclic amines) is 1. The Bertz CT molecular complexity index is 542. The first-order chi connectivity index (χ1) is 11.1. The van der Waals surface area contributed by atoms with E-state index in [4.69, 9.17) is 4.42 Å². The Morgan fingerprint density at radius 1 is 1.30 bits per heavy atom. The van der Waals surface area contributed by atoms with Crippen LogP contribution in [0.3, 0.4) is 0 Å². The van der Waals surface area contributed by atoms with Gasteiger partial charge in [0.25, 0.3) is 0 Å². The lowest BCUT2D eigenvalue weighted by molar-refractivity contribution is -0.120. The van der Waals surface area contributed by atoms with Gasteiger partial charge in [-0.25, -0.2) is 4.79 Å². The molecule has 2 aliphatic rings. The molecule has 23 heavy (non-hydrogen) atoms. The summed E-state index contributed by atoms with van der Waals surface area (Å²) in [6.07, 6.45) is 4.12. The molecule has 1 aromatic heterocycles. The smallest absolute Gasteiger partial charge is 0.315 e. The number of furan rings is 1. The molecule has 126 valence electrons. The molecule has 0 radical (unpaired) electrons. The van der Waals surface area contributed by atoms with Gasteiger partial charge < -0.3 is 20.4 Å². The number of urea groups is 1. The predicted octanol–water partition coefficient (Wildman–Crippen LogP) is 0.678. The van der Waals surface area contributed by atoms with Crippen molar-refractivity contribution in [3.8, 4) is 0 Å². The van der Waals surface area contributed by atoms with Crippen LogP contribution in [0, 0.1) is 5.92 Å². The minimum absolute atomic E-state index is 0.0172. The SMILES string of the molecule is C[C@@H]1CN(C2CC2)C[C@@H]1NC(=O)CNC(=O)NCc1ccco1. The summed E-state index contributed by atoms with van der Waals surface area (Å²) in [5.41, 5.74) is 0. The molecule has 0 spiro atoms. The minimum Gasteiger partial charge on any atom is -0.467 e. The van der Waals surface area contributed by atoms with Gasteiger partial charge in [0.05, 0.1) is 19.4 Å². The van der Waals surface area contributed by atoms with E-state index < -0.39 is 0 Å². The van der Waals surface area contributed by atoms with Gasteiger partial charge in [0.1, 0.15) is 5.76 Å². The van der Waals surface area contributed by atoms with E-state index in [1.54, 1.807) is 18.4 Å². The van der Waals surface area contributed by atoms with Crippen LogP contribution in [0.25, 0.3) is 0 Å². The zero-order valence-electron chi connectivity index (χ0n) is 13.4. The minimum atomic E-state index is -0.379. The van der Waals surface area contributed by atoms with Gasteiger partial charge in [-0.2, -0.15) is 0 Å². The van der Waals surface area contributed by atoms with Crippen LogP contribution in [0.2, 0.25) is 0 Å². The topological polar surface area (TPSA) is 86.6 Å². The molecule has 0 bridgehead atoms. The summed E-state index contributed by atoms with van der Waals surface area (Å²) < 4.78 is 5.12. The lowest BCUT2D eigenvalue weighted by Gasteiger charge is -2.17. The molecular formula is C16H24N4O3. The highest BCUT2D eigenvalue weighted by molar-refractivity contribution is 5.84. The normalized spacial score (nSPS) is 24.4. The average Bonchev–Trinajstić information content (AvgIpc) is 3.13. The molecule has 7 heteroatoms. The van der Waals surface area contributed by atoms with E-state index in [1.807, 2.05) is 0 Å². The summed E-state index contributed by atoms with van der Waals surface area (Å²) in [7, 11) is 0. The molecule has 2 heterocycles. The van der Waals surface area contributed by atoms with Gasteiger partial charge in [0.15, 0.2) is 0 Å². The van der Waals surface area contributed by atoms with Crippen molar-refractivity contribution in [1.29, 1.82) is 0 Å². The maximum Gasteiger partial charge on any atom is 0.315 e. The van der Waals surface area contributed by atoms with Gasteiger partial charge in [-0.05, 0) is 30.9 Å². The number of carbonyl (C=O) groups is 2. The van der Waals surface area contributed by atoms with Crippen molar-refractivity contribution in [2.45, 2.75) is 38.4 Å². The lowest BCUT2D eigenvalue weighted by atomic mass is 10.1. The third kappa shape index (κ3) is 4.48. The number of hydrogen-bond acceptors (Lipinski definition) is 4. The summed E-state index contributed by atoms with van der Waals surface area (Å²) in [6, 6.07) is 4.06. The Kier molecular flexibility index (Phi) is 4.85. The van der Waals surface area contributed by atoms with Crippen LogP contribution in [0.15, 0.2) is 22.8 Å². The van der Waals surface area contributed by atoms with E-state index in [0.717, 1.165) is 19.1 Å². The van der Waals surface area contributed by atoms with Crippen molar-refractivity contribution in [2.24, 2.45) is 5.92 Å². The molecular weight excluding hydrogens is 296 g/mol. The Labute approximate surface area is 135 Å². The maximum atomic E-state index is 12.0. The van der Waals surface area contributed by atoms with E-state index in [0.29, 0.717) is 18.2 Å². The second-order valence-electron chi connectivity index (χ2n) is 6.45. The average molecular weight is 320 g/mol. The number of hydrogen-bond donors (Lipinski definition) is 3. The quantitative estimate of drug-likeness (QED) is 0.719. The molecule has 1 aliphatic heterocycles. The van der Waals surface area contributed by atoms with Gasteiger partial charge in [0.2, 0.25) is 5.91 Å². The van der Waals surface area contributed by atoms with Crippen molar-refractivity contribution in [3.05, 3.63) is 24.2 Å². The first-order valence-electron chi connectivity index (χ1n) is 8.19. The fourth-order valence-electron chi connectivity index (χ4n) is 2.99. The number of nitrogens with zero attached hydrogens (tertiary/aromatic N) is 1. The Morgan fingerprint density at radius 3 is 2.83 bits per heavy atom. The van der Waals surface area contributed by atoms with Crippen LogP contribution in [-0.2, 0) is 11.3 Å². The molecule has 1 saturated carbocycles. The predicted molar refractivity (Wildman–Crippen MR) is 84.6 cm³/mol. The van der Waals surface area contributed by atoms with E-state index >= 15 is 0 Å². The highest BCUT2D eigenvalue weighted by Crippen LogP contribution is 2.31. The van der Waals surface area contributed by atoms with E-state index in [9.17, 15) is 9.59 Å². The molecule has 1 saturated heterocycles. The van der Waals surface area contributed by atoms with E-state index in [1.165, 1.54) is 12.8 Å². The summed E-state index contributed by atoms with van der Waals surface area (Å²) in [5.74, 6) is 0.976. The molecule has 3 amide bonds. The molecule has 7 nitrogen and oxygen atoms in total. The summed E-state index contributed by atoms with van der Waals surface area (Å²) >= 11 is 0. The fourth-order valence-corrected chi connectivity index (χ4v) is 2.99. The molecule has 2 atom stereocenters. The van der Waals surface area contributed by atoms with Gasteiger partial charge in [-0.15, -0.1) is 0 Å². The maximum absolute atomic E-state index is 12.0. The second-order valence-corrected chi connectivity index (χ2v) is 6.45. The third-order valence-electron chi connectivity index (χ3n) is 4.46. The third-order valence-corrected chi connectivity index (χ3v) is 4.46. The summed E-state index contributed by atoms with van der Waals surface area (Å²) in [5, 5.41) is 8.23. The largest absolute Gasteiger partial charge is 0.467 e. The molecule has 2 fully saturated rings. The zero-order chi connectivity index (χ0) is 16.2. The zero-order valence-corrected chi connectivity index (χ0v) is 13.4. The van der Waals surface area contributed by atoms with Crippen LogP contribution >= 0.6 is 0 Å². The number of amides is 3. The van der Waals surface area contributed by atoms with Crippen molar-refractivity contribution in [3.63, 3.8) is 0 Å². The molecule has 1 aliphatic carbocycles. The van der Waals surface area contributed by atoms with Crippen molar-refractivity contribution < 1.29 is 14.0 Å². The van der Waals surface area contributed by atoms with Gasteiger partial charge in [-0.1, -0.05) is 6.92 Å². The number of nitrogens with one attached hydrogen (secondary N) is 3. The molecule has 3 rings (SSSR count). The molecule has 1 aromatic rings. The van der Waals surface area contributed by atoms with Crippen LogP contribution in [0.1, 0.15) is 25.5 Å². The van der Waals surface area contributed by atoms with Gasteiger partial charge >= 0.3 is 6.03 Å².